The summed E-state index contributed by atoms with van der Waals surface area (Å²) in [5.74, 6) is 1.93. The molecule has 0 spiro atoms. The van der Waals surface area contributed by atoms with Crippen LogP contribution in [0, 0.1) is 12.8 Å². The number of fused-ring (bicyclic) bond motifs is 1. The average Bonchev–Trinajstić information content (AvgIpc) is 3.09. The molecule has 4 N–H and O–H groups in total. The van der Waals surface area contributed by atoms with Crippen LogP contribution in [-0.4, -0.2) is 25.1 Å². The second-order valence-electron chi connectivity index (χ2n) is 5.84. The fourth-order valence-electron chi connectivity index (χ4n) is 2.48. The first kappa shape index (κ1) is 17.0. The fraction of sp³-hybridized carbons (Fsp3) is 0.467. The zero-order valence-electron chi connectivity index (χ0n) is 13.8. The molecule has 24 heavy (non-hydrogen) atoms. The van der Waals surface area contributed by atoms with Crippen LogP contribution in [0.2, 0.25) is 0 Å². The Balaban J connectivity index is 1.89. The van der Waals surface area contributed by atoms with E-state index in [9.17, 15) is 4.79 Å². The highest BCUT2D eigenvalue weighted by atomic mass is 32.2. The Hall–Kier alpha value is -1.87. The largest absolute Gasteiger partial charge is 0.368 e. The molecule has 0 amide bonds. The topological polar surface area (TPSA) is 113 Å². The number of aromatic nitrogens is 5. The van der Waals surface area contributed by atoms with E-state index in [0.717, 1.165) is 28.6 Å². The van der Waals surface area contributed by atoms with Gasteiger partial charge in [-0.15, -0.1) is 16.4 Å². The molecule has 3 aromatic rings. The lowest BCUT2D eigenvalue weighted by Gasteiger charge is -2.08. The Morgan fingerprint density at radius 3 is 2.83 bits per heavy atom. The molecule has 0 aromatic carbocycles. The van der Waals surface area contributed by atoms with Gasteiger partial charge in [0.05, 0.1) is 11.1 Å². The minimum Gasteiger partial charge on any atom is -0.368 e. The Morgan fingerprint density at radius 2 is 2.17 bits per heavy atom. The smallest absolute Gasteiger partial charge is 0.259 e. The van der Waals surface area contributed by atoms with Crippen LogP contribution in [0.4, 0.5) is 5.95 Å². The van der Waals surface area contributed by atoms with Gasteiger partial charge in [0.25, 0.3) is 5.56 Å². The van der Waals surface area contributed by atoms with Crippen molar-refractivity contribution < 1.29 is 0 Å². The fourth-order valence-corrected chi connectivity index (χ4v) is 4.23. The second kappa shape index (κ2) is 6.94. The molecule has 0 saturated heterocycles. The number of nitrogens with one attached hydrogen (secondary N) is 2. The number of thiophene rings is 1. The summed E-state index contributed by atoms with van der Waals surface area (Å²) < 4.78 is 0. The quantitative estimate of drug-likeness (QED) is 0.580. The van der Waals surface area contributed by atoms with E-state index in [0.29, 0.717) is 22.7 Å². The maximum Gasteiger partial charge on any atom is 0.259 e. The van der Waals surface area contributed by atoms with E-state index in [1.165, 1.54) is 16.6 Å². The summed E-state index contributed by atoms with van der Waals surface area (Å²) in [6.07, 6.45) is 2.01. The van der Waals surface area contributed by atoms with Crippen LogP contribution in [0.3, 0.4) is 0 Å². The van der Waals surface area contributed by atoms with Crippen molar-refractivity contribution in [3.63, 3.8) is 0 Å². The normalized spacial score (nSPS) is 12.8. The summed E-state index contributed by atoms with van der Waals surface area (Å²) >= 11 is 2.96. The highest BCUT2D eigenvalue weighted by Gasteiger charge is 2.17. The molecule has 0 radical (unpaired) electrons. The van der Waals surface area contributed by atoms with Gasteiger partial charge in [0.1, 0.15) is 10.7 Å². The van der Waals surface area contributed by atoms with E-state index in [1.807, 2.05) is 0 Å². The van der Waals surface area contributed by atoms with Crippen LogP contribution >= 0.6 is 23.1 Å². The molecule has 3 aromatic heterocycles. The molecule has 0 fully saturated rings. The monoisotopic (exact) mass is 364 g/mol. The third kappa shape index (κ3) is 3.46. The molecule has 3 rings (SSSR count). The number of thioether (sulfide) groups is 1. The van der Waals surface area contributed by atoms with E-state index in [1.54, 1.807) is 11.3 Å². The van der Waals surface area contributed by atoms with Crippen molar-refractivity contribution in [3.8, 4) is 0 Å². The minimum absolute atomic E-state index is 0.0623. The Morgan fingerprint density at radius 1 is 1.38 bits per heavy atom. The van der Waals surface area contributed by atoms with E-state index in [2.05, 4.69) is 45.9 Å². The minimum atomic E-state index is -0.0623. The van der Waals surface area contributed by atoms with E-state index in [-0.39, 0.29) is 11.5 Å². The van der Waals surface area contributed by atoms with Gasteiger partial charge in [-0.3, -0.25) is 4.79 Å². The SMILES string of the molecule is CC[C@@H](C)Cc1c(C)sc2nc(CSc3n[nH]c(N)n3)[nH]c(=O)c12. The van der Waals surface area contributed by atoms with E-state index < -0.39 is 0 Å². The van der Waals surface area contributed by atoms with E-state index >= 15 is 0 Å². The van der Waals surface area contributed by atoms with Gasteiger partial charge in [0.2, 0.25) is 11.1 Å². The molecular weight excluding hydrogens is 344 g/mol. The maximum atomic E-state index is 12.6. The number of hydrogen-bond acceptors (Lipinski definition) is 7. The Labute approximate surface area is 147 Å². The molecule has 1 atom stereocenters. The second-order valence-corrected chi connectivity index (χ2v) is 7.98. The number of aromatic amines is 2. The van der Waals surface area contributed by atoms with Crippen LogP contribution in [0.5, 0.6) is 0 Å². The molecule has 9 heteroatoms. The first-order valence-electron chi connectivity index (χ1n) is 7.79. The van der Waals surface area contributed by atoms with Crippen LogP contribution in [0.15, 0.2) is 9.95 Å². The van der Waals surface area contributed by atoms with Crippen molar-refractivity contribution in [2.45, 2.75) is 44.5 Å². The molecule has 128 valence electrons. The molecular formula is C15H20N6OS2. The van der Waals surface area contributed by atoms with Crippen LogP contribution in [0.1, 0.15) is 36.5 Å². The Bertz CT molecular complexity index is 912. The lowest BCUT2D eigenvalue weighted by atomic mass is 9.98. The number of aryl methyl sites for hydroxylation is 1. The predicted molar refractivity (Wildman–Crippen MR) is 98.5 cm³/mol. The number of nitrogen functional groups attached to an aromatic ring is 1. The Kier molecular flexibility index (Phi) is 4.91. The zero-order chi connectivity index (χ0) is 17.3. The van der Waals surface area contributed by atoms with Crippen LogP contribution in [-0.2, 0) is 12.2 Å². The third-order valence-corrected chi connectivity index (χ3v) is 5.88. The van der Waals surface area contributed by atoms with Crippen molar-refractivity contribution in [2.24, 2.45) is 5.92 Å². The number of rotatable bonds is 6. The molecule has 0 unspecified atom stereocenters. The highest BCUT2D eigenvalue weighted by molar-refractivity contribution is 7.98. The summed E-state index contributed by atoms with van der Waals surface area (Å²) in [5.41, 5.74) is 6.58. The molecule has 0 aliphatic heterocycles. The van der Waals surface area contributed by atoms with Gasteiger partial charge >= 0.3 is 0 Å². The summed E-state index contributed by atoms with van der Waals surface area (Å²) in [4.78, 5) is 26.1. The van der Waals surface area contributed by atoms with Gasteiger partial charge < -0.3 is 10.7 Å². The average molecular weight is 365 g/mol. The lowest BCUT2D eigenvalue weighted by molar-refractivity contribution is 0.561. The van der Waals surface area contributed by atoms with E-state index in [4.69, 9.17) is 5.73 Å². The first-order chi connectivity index (χ1) is 11.5. The van der Waals surface area contributed by atoms with Crippen molar-refractivity contribution in [2.75, 3.05) is 5.73 Å². The number of nitrogens with zero attached hydrogens (tertiary/aromatic N) is 3. The van der Waals surface area contributed by atoms with Crippen molar-refractivity contribution in [1.82, 2.24) is 25.1 Å². The van der Waals surface area contributed by atoms with Gasteiger partial charge in [0, 0.05) is 4.88 Å². The number of anilines is 1. The van der Waals surface area contributed by atoms with Gasteiger partial charge in [-0.1, -0.05) is 32.0 Å². The summed E-state index contributed by atoms with van der Waals surface area (Å²) in [6, 6.07) is 0. The molecule has 0 bridgehead atoms. The molecule has 0 saturated carbocycles. The van der Waals surface area contributed by atoms with Gasteiger partial charge in [-0.25, -0.2) is 10.1 Å². The van der Waals surface area contributed by atoms with Gasteiger partial charge in [0.15, 0.2) is 0 Å². The summed E-state index contributed by atoms with van der Waals surface area (Å²) in [6.45, 7) is 6.44. The van der Waals surface area contributed by atoms with Crippen LogP contribution in [0.25, 0.3) is 10.2 Å². The van der Waals surface area contributed by atoms with Crippen molar-refractivity contribution >= 4 is 39.3 Å². The van der Waals surface area contributed by atoms with Crippen LogP contribution < -0.4 is 11.3 Å². The summed E-state index contributed by atoms with van der Waals surface area (Å²) in [5, 5.41) is 7.83. The van der Waals surface area contributed by atoms with Gasteiger partial charge in [-0.2, -0.15) is 4.98 Å². The number of nitrogens with two attached hydrogens (primary N) is 1. The molecule has 0 aliphatic rings. The maximum absolute atomic E-state index is 12.6. The van der Waals surface area contributed by atoms with Crippen molar-refractivity contribution in [1.29, 1.82) is 0 Å². The lowest BCUT2D eigenvalue weighted by Crippen LogP contribution is -2.12. The zero-order valence-corrected chi connectivity index (χ0v) is 15.5. The van der Waals surface area contributed by atoms with Crippen molar-refractivity contribution in [3.05, 3.63) is 26.6 Å². The predicted octanol–water partition coefficient (Wildman–Crippen LogP) is 2.87. The first-order valence-corrected chi connectivity index (χ1v) is 9.60. The van der Waals surface area contributed by atoms with Gasteiger partial charge in [-0.05, 0) is 24.8 Å². The molecule has 3 heterocycles. The summed E-state index contributed by atoms with van der Waals surface area (Å²) in [7, 11) is 0. The third-order valence-electron chi connectivity index (χ3n) is 3.98. The number of hydrogen-bond donors (Lipinski definition) is 3. The standard InChI is InChI=1S/C15H20N6OS2/c1-4-7(2)5-9-8(3)24-13-11(9)12(22)17-10(18-13)6-23-15-19-14(16)20-21-15/h7H,4-6H2,1-3H3,(H,17,18,22)(H3,16,19,20,21)/t7-/m1/s1. The highest BCUT2D eigenvalue weighted by Crippen LogP contribution is 2.30. The number of H-pyrrole nitrogens is 2. The molecule has 0 aliphatic carbocycles. The molecule has 7 nitrogen and oxygen atoms in total.